The second-order valence-electron chi connectivity index (χ2n) is 8.67. The Bertz CT molecular complexity index is 703. The lowest BCUT2D eigenvalue weighted by Gasteiger charge is -2.54. The third-order valence-corrected chi connectivity index (χ3v) is 7.42. The van der Waals surface area contributed by atoms with Crippen LogP contribution in [0.2, 0.25) is 0 Å². The van der Waals surface area contributed by atoms with E-state index in [0.717, 1.165) is 5.57 Å². The average Bonchev–Trinajstić information content (AvgIpc) is 3.23. The van der Waals surface area contributed by atoms with E-state index in [2.05, 4.69) is 6.92 Å². The van der Waals surface area contributed by atoms with Gasteiger partial charge in [-0.25, -0.2) is 0 Å². The quantitative estimate of drug-likeness (QED) is 0.704. The molecule has 0 aromatic carbocycles. The Labute approximate surface area is 159 Å². The SMILES string of the molecule is CCOC(=O)C[C@@H]1C(C)=CC(=O)[C@@H]2CC(=O)[C@H]3CC4(C[C@H]3[C@@]12C)OCCO4. The van der Waals surface area contributed by atoms with Crippen molar-refractivity contribution >= 4 is 17.5 Å². The topological polar surface area (TPSA) is 78.9 Å². The highest BCUT2D eigenvalue weighted by Gasteiger charge is 2.65. The lowest BCUT2D eigenvalue weighted by Crippen LogP contribution is -2.55. The Morgan fingerprint density at radius 2 is 1.96 bits per heavy atom. The highest BCUT2D eigenvalue weighted by atomic mass is 16.7. The van der Waals surface area contributed by atoms with Crippen LogP contribution in [0.1, 0.15) is 46.5 Å². The average molecular weight is 376 g/mol. The van der Waals surface area contributed by atoms with E-state index in [1.807, 2.05) is 6.92 Å². The molecule has 0 amide bonds. The number of carbonyl (C=O) groups is 3. The molecule has 6 nitrogen and oxygen atoms in total. The Morgan fingerprint density at radius 1 is 1.26 bits per heavy atom. The van der Waals surface area contributed by atoms with Gasteiger partial charge in [-0.05, 0) is 37.2 Å². The summed E-state index contributed by atoms with van der Waals surface area (Å²) in [7, 11) is 0. The molecule has 0 N–H and O–H groups in total. The zero-order valence-electron chi connectivity index (χ0n) is 16.3. The van der Waals surface area contributed by atoms with Gasteiger partial charge in [-0.3, -0.25) is 14.4 Å². The molecule has 0 unspecified atom stereocenters. The van der Waals surface area contributed by atoms with Crippen molar-refractivity contribution in [3.05, 3.63) is 11.6 Å². The van der Waals surface area contributed by atoms with Crippen LogP contribution in [-0.2, 0) is 28.6 Å². The molecule has 0 bridgehead atoms. The molecule has 1 saturated heterocycles. The summed E-state index contributed by atoms with van der Waals surface area (Å²) in [4.78, 5) is 38.0. The van der Waals surface area contributed by atoms with Gasteiger partial charge in [0.15, 0.2) is 11.6 Å². The predicted octanol–water partition coefficient (Wildman–Crippen LogP) is 2.45. The van der Waals surface area contributed by atoms with Gasteiger partial charge in [0.1, 0.15) is 5.78 Å². The maximum atomic E-state index is 12.9. The third-order valence-electron chi connectivity index (χ3n) is 7.42. The Balaban J connectivity index is 1.73. The summed E-state index contributed by atoms with van der Waals surface area (Å²) in [6.07, 6.45) is 3.29. The van der Waals surface area contributed by atoms with E-state index in [4.69, 9.17) is 14.2 Å². The summed E-state index contributed by atoms with van der Waals surface area (Å²) >= 11 is 0. The van der Waals surface area contributed by atoms with Crippen molar-refractivity contribution in [3.8, 4) is 0 Å². The smallest absolute Gasteiger partial charge is 0.306 e. The van der Waals surface area contributed by atoms with Crippen molar-refractivity contribution < 1.29 is 28.6 Å². The maximum absolute atomic E-state index is 12.9. The molecule has 0 aromatic heterocycles. The number of carbonyl (C=O) groups excluding carboxylic acids is 3. The van der Waals surface area contributed by atoms with Crippen molar-refractivity contribution in [1.29, 1.82) is 0 Å². The largest absolute Gasteiger partial charge is 0.466 e. The van der Waals surface area contributed by atoms with E-state index >= 15 is 0 Å². The first kappa shape index (κ1) is 18.8. The van der Waals surface area contributed by atoms with Crippen LogP contribution in [0, 0.1) is 29.1 Å². The molecular weight excluding hydrogens is 348 g/mol. The number of ether oxygens (including phenoxy) is 3. The van der Waals surface area contributed by atoms with Crippen molar-refractivity contribution in [2.75, 3.05) is 19.8 Å². The van der Waals surface area contributed by atoms with Gasteiger partial charge in [0.25, 0.3) is 0 Å². The summed E-state index contributed by atoms with van der Waals surface area (Å²) in [6, 6.07) is 0. The van der Waals surface area contributed by atoms with E-state index < -0.39 is 11.2 Å². The van der Waals surface area contributed by atoms with Gasteiger partial charge in [-0.2, -0.15) is 0 Å². The van der Waals surface area contributed by atoms with E-state index in [9.17, 15) is 14.4 Å². The normalized spacial score (nSPS) is 39.9. The number of rotatable bonds is 3. The second kappa shape index (κ2) is 6.52. The minimum absolute atomic E-state index is 0.0103. The Morgan fingerprint density at radius 3 is 2.63 bits per heavy atom. The second-order valence-corrected chi connectivity index (χ2v) is 8.67. The van der Waals surface area contributed by atoms with E-state index in [-0.39, 0.29) is 54.0 Å². The highest BCUT2D eigenvalue weighted by Crippen LogP contribution is 2.63. The van der Waals surface area contributed by atoms with Gasteiger partial charge in [0, 0.05) is 31.1 Å². The molecule has 3 fully saturated rings. The fraction of sp³-hybridized carbons (Fsp3) is 0.762. The van der Waals surface area contributed by atoms with E-state index in [1.54, 1.807) is 13.0 Å². The van der Waals surface area contributed by atoms with E-state index in [0.29, 0.717) is 32.7 Å². The summed E-state index contributed by atoms with van der Waals surface area (Å²) in [5.74, 6) is -1.51. The molecular formula is C21H28O6. The van der Waals surface area contributed by atoms with Gasteiger partial charge >= 0.3 is 5.97 Å². The van der Waals surface area contributed by atoms with Crippen molar-refractivity contribution in [1.82, 2.24) is 0 Å². The van der Waals surface area contributed by atoms with Gasteiger partial charge in [-0.15, -0.1) is 0 Å². The van der Waals surface area contributed by atoms with Crippen LogP contribution >= 0.6 is 0 Å². The molecule has 0 radical (unpaired) electrons. The van der Waals surface area contributed by atoms with Gasteiger partial charge < -0.3 is 14.2 Å². The number of Topliss-reactive ketones (excluding diaryl/α,β-unsaturated/α-hetero) is 1. The molecule has 3 aliphatic carbocycles. The zero-order valence-corrected chi connectivity index (χ0v) is 16.3. The molecule has 1 spiro atoms. The molecule has 5 atom stereocenters. The molecule has 6 heteroatoms. The van der Waals surface area contributed by atoms with Crippen LogP contribution in [0.25, 0.3) is 0 Å². The van der Waals surface area contributed by atoms with Crippen molar-refractivity contribution in [2.45, 2.75) is 52.2 Å². The van der Waals surface area contributed by atoms with Crippen molar-refractivity contribution in [3.63, 3.8) is 0 Å². The van der Waals surface area contributed by atoms with Gasteiger partial charge in [0.05, 0.1) is 26.2 Å². The molecule has 27 heavy (non-hydrogen) atoms. The van der Waals surface area contributed by atoms with Crippen LogP contribution in [0.15, 0.2) is 11.6 Å². The van der Waals surface area contributed by atoms with Crippen LogP contribution in [0.5, 0.6) is 0 Å². The summed E-state index contributed by atoms with van der Waals surface area (Å²) in [5.41, 5.74) is 0.439. The molecule has 148 valence electrons. The summed E-state index contributed by atoms with van der Waals surface area (Å²) in [6.45, 7) is 7.22. The van der Waals surface area contributed by atoms with Crippen LogP contribution in [0.4, 0.5) is 0 Å². The highest BCUT2D eigenvalue weighted by molar-refractivity contribution is 5.99. The molecule has 4 aliphatic rings. The monoisotopic (exact) mass is 376 g/mol. The minimum Gasteiger partial charge on any atom is -0.466 e. The summed E-state index contributed by atoms with van der Waals surface area (Å²) < 4.78 is 17.0. The zero-order chi connectivity index (χ0) is 19.4. The van der Waals surface area contributed by atoms with Crippen molar-refractivity contribution in [2.24, 2.45) is 29.1 Å². The fourth-order valence-corrected chi connectivity index (χ4v) is 6.19. The van der Waals surface area contributed by atoms with Gasteiger partial charge in [0.2, 0.25) is 0 Å². The Kier molecular flexibility index (Phi) is 4.54. The number of hydrogen-bond donors (Lipinski definition) is 0. The number of esters is 1. The number of hydrogen-bond acceptors (Lipinski definition) is 6. The van der Waals surface area contributed by atoms with Crippen LogP contribution in [-0.4, -0.2) is 43.1 Å². The fourth-order valence-electron chi connectivity index (χ4n) is 6.19. The number of ketones is 2. The van der Waals surface area contributed by atoms with Crippen LogP contribution in [0.3, 0.4) is 0 Å². The van der Waals surface area contributed by atoms with Crippen LogP contribution < -0.4 is 0 Å². The number of allylic oxidation sites excluding steroid dienone is 2. The first-order chi connectivity index (χ1) is 12.8. The predicted molar refractivity (Wildman–Crippen MR) is 95.6 cm³/mol. The maximum Gasteiger partial charge on any atom is 0.306 e. The molecule has 1 aliphatic heterocycles. The minimum atomic E-state index is -0.699. The number of fused-ring (bicyclic) bond motifs is 3. The Hall–Kier alpha value is -1.53. The molecule has 4 rings (SSSR count). The van der Waals surface area contributed by atoms with E-state index in [1.165, 1.54) is 0 Å². The first-order valence-corrected chi connectivity index (χ1v) is 9.99. The standard InChI is InChI=1S/C21H28O6/c1-4-25-19(24)9-14-12(2)7-18(23)15-8-17(22)13-10-21(26-5-6-27-21)11-16(13)20(14,15)3/h7,13-16H,4-6,8-11H2,1-3H3/t13-,14+,15-,16+,20-/m0/s1. The molecule has 0 aromatic rings. The van der Waals surface area contributed by atoms with Gasteiger partial charge in [-0.1, -0.05) is 12.5 Å². The molecule has 1 heterocycles. The third kappa shape index (κ3) is 2.80. The lowest BCUT2D eigenvalue weighted by atomic mass is 9.48. The lowest BCUT2D eigenvalue weighted by molar-refractivity contribution is -0.160. The molecule has 2 saturated carbocycles. The summed E-state index contributed by atoms with van der Waals surface area (Å²) in [5, 5.41) is 0. The first-order valence-electron chi connectivity index (χ1n) is 9.99.